The maximum absolute atomic E-state index is 6.09. The summed E-state index contributed by atoms with van der Waals surface area (Å²) in [4.78, 5) is 0. The fourth-order valence-corrected chi connectivity index (χ4v) is 4.53. The fraction of sp³-hybridized carbons (Fsp3) is 0.500. The molecule has 2 aliphatic rings. The van der Waals surface area contributed by atoms with Crippen molar-refractivity contribution in [2.24, 2.45) is 11.8 Å². The van der Waals surface area contributed by atoms with Crippen molar-refractivity contribution < 1.29 is 14.2 Å². The maximum Gasteiger partial charge on any atom is 0.231 e. The van der Waals surface area contributed by atoms with Crippen molar-refractivity contribution in [2.75, 3.05) is 13.4 Å². The average Bonchev–Trinajstić information content (AvgIpc) is 3.20. The number of benzene rings is 2. The summed E-state index contributed by atoms with van der Waals surface area (Å²) in [6.45, 7) is 12.2. The second kappa shape index (κ2) is 7.20. The van der Waals surface area contributed by atoms with Gasteiger partial charge in [0.25, 0.3) is 0 Å². The van der Waals surface area contributed by atoms with Crippen molar-refractivity contribution in [1.29, 1.82) is 0 Å². The molecule has 4 rings (SSSR count). The van der Waals surface area contributed by atoms with Gasteiger partial charge in [-0.3, -0.25) is 0 Å². The number of rotatable bonds is 4. The normalized spacial score (nSPS) is 23.8. The average molecular weight is 367 g/mol. The molecular weight excluding hydrogens is 336 g/mol. The topological polar surface area (TPSA) is 27.7 Å². The summed E-state index contributed by atoms with van der Waals surface area (Å²) >= 11 is 0. The van der Waals surface area contributed by atoms with Gasteiger partial charge in [0.05, 0.1) is 12.7 Å². The highest BCUT2D eigenvalue weighted by atomic mass is 16.7. The van der Waals surface area contributed by atoms with Gasteiger partial charge in [0.15, 0.2) is 11.5 Å². The minimum absolute atomic E-state index is 0.297. The second-order valence-corrected chi connectivity index (χ2v) is 8.37. The molecule has 1 fully saturated rings. The van der Waals surface area contributed by atoms with Crippen molar-refractivity contribution in [1.82, 2.24) is 0 Å². The molecule has 2 aliphatic heterocycles. The first-order valence-corrected chi connectivity index (χ1v) is 10.00. The molecule has 0 N–H and O–H groups in total. The molecule has 144 valence electrons. The van der Waals surface area contributed by atoms with Crippen LogP contribution in [0.4, 0.5) is 0 Å². The van der Waals surface area contributed by atoms with Gasteiger partial charge in [0, 0.05) is 0 Å². The van der Waals surface area contributed by atoms with E-state index in [0.29, 0.717) is 24.7 Å². The van der Waals surface area contributed by atoms with E-state index in [4.69, 9.17) is 14.2 Å². The zero-order chi connectivity index (χ0) is 19.1. The predicted molar refractivity (Wildman–Crippen MR) is 108 cm³/mol. The summed E-state index contributed by atoms with van der Waals surface area (Å²) in [5.74, 6) is 2.81. The first kappa shape index (κ1) is 18.4. The molecule has 0 amide bonds. The first-order chi connectivity index (χ1) is 12.9. The predicted octanol–water partition coefficient (Wildman–Crippen LogP) is 5.09. The highest BCUT2D eigenvalue weighted by Gasteiger charge is 2.35. The first-order valence-electron chi connectivity index (χ1n) is 10.00. The number of ether oxygens (including phenoxy) is 3. The third kappa shape index (κ3) is 3.58. The molecule has 0 saturated carbocycles. The van der Waals surface area contributed by atoms with Crippen LogP contribution in [0.3, 0.4) is 0 Å². The Balaban J connectivity index is 1.56. The van der Waals surface area contributed by atoms with Crippen LogP contribution in [0.15, 0.2) is 24.3 Å². The molecule has 0 spiro atoms. The molecular formula is C24H30O3. The molecule has 0 aromatic heterocycles. The van der Waals surface area contributed by atoms with Gasteiger partial charge >= 0.3 is 0 Å². The Hall–Kier alpha value is -2.00. The summed E-state index contributed by atoms with van der Waals surface area (Å²) in [6, 6.07) is 8.97. The van der Waals surface area contributed by atoms with Gasteiger partial charge in [-0.15, -0.1) is 0 Å². The van der Waals surface area contributed by atoms with E-state index in [1.807, 2.05) is 0 Å². The number of hydrogen-bond donors (Lipinski definition) is 0. The smallest absolute Gasteiger partial charge is 0.231 e. The van der Waals surface area contributed by atoms with Crippen LogP contribution in [-0.4, -0.2) is 19.5 Å². The Morgan fingerprint density at radius 1 is 0.778 bits per heavy atom. The third-order valence-corrected chi connectivity index (χ3v) is 6.50. The van der Waals surface area contributed by atoms with E-state index in [1.165, 1.54) is 33.4 Å². The van der Waals surface area contributed by atoms with E-state index in [2.05, 4.69) is 58.9 Å². The lowest BCUT2D eigenvalue weighted by atomic mass is 9.80. The van der Waals surface area contributed by atoms with Crippen LogP contribution >= 0.6 is 0 Å². The van der Waals surface area contributed by atoms with Crippen LogP contribution in [0.25, 0.3) is 0 Å². The van der Waals surface area contributed by atoms with E-state index in [1.54, 1.807) is 0 Å². The second-order valence-electron chi connectivity index (χ2n) is 8.37. The molecule has 2 aromatic carbocycles. The lowest BCUT2D eigenvalue weighted by Gasteiger charge is -2.23. The van der Waals surface area contributed by atoms with E-state index in [0.717, 1.165) is 30.9 Å². The quantitative estimate of drug-likeness (QED) is 0.755. The Labute approximate surface area is 162 Å². The van der Waals surface area contributed by atoms with Gasteiger partial charge < -0.3 is 14.2 Å². The van der Waals surface area contributed by atoms with Crippen molar-refractivity contribution in [3.63, 3.8) is 0 Å². The Morgan fingerprint density at radius 3 is 2.19 bits per heavy atom. The van der Waals surface area contributed by atoms with Crippen molar-refractivity contribution in [3.8, 4) is 11.5 Å². The highest BCUT2D eigenvalue weighted by Crippen LogP contribution is 2.38. The summed E-state index contributed by atoms with van der Waals surface area (Å²) in [5, 5.41) is 0. The Kier molecular flexibility index (Phi) is 4.90. The Morgan fingerprint density at radius 2 is 1.41 bits per heavy atom. The zero-order valence-corrected chi connectivity index (χ0v) is 17.1. The molecule has 1 saturated heterocycles. The Bertz CT molecular complexity index is 855. The largest absolute Gasteiger partial charge is 0.454 e. The number of aryl methyl sites for hydroxylation is 4. The molecule has 0 radical (unpaired) electrons. The summed E-state index contributed by atoms with van der Waals surface area (Å²) in [7, 11) is 0. The van der Waals surface area contributed by atoms with Gasteiger partial charge in [-0.05, 0) is 105 Å². The van der Waals surface area contributed by atoms with Gasteiger partial charge in [0.1, 0.15) is 0 Å². The van der Waals surface area contributed by atoms with Crippen molar-refractivity contribution >= 4 is 0 Å². The van der Waals surface area contributed by atoms with E-state index >= 15 is 0 Å². The summed E-state index contributed by atoms with van der Waals surface area (Å²) in [5.41, 5.74) is 8.25. The van der Waals surface area contributed by atoms with Crippen LogP contribution in [-0.2, 0) is 17.6 Å². The zero-order valence-electron chi connectivity index (χ0n) is 17.1. The van der Waals surface area contributed by atoms with E-state index in [-0.39, 0.29) is 0 Å². The monoisotopic (exact) mass is 366 g/mol. The van der Waals surface area contributed by atoms with E-state index < -0.39 is 0 Å². The molecule has 2 heterocycles. The van der Waals surface area contributed by atoms with Gasteiger partial charge in [-0.2, -0.15) is 0 Å². The minimum atomic E-state index is 0.297. The molecule has 3 atom stereocenters. The minimum Gasteiger partial charge on any atom is -0.454 e. The van der Waals surface area contributed by atoms with Crippen molar-refractivity contribution in [2.45, 2.75) is 53.6 Å². The third-order valence-electron chi connectivity index (χ3n) is 6.50. The molecule has 2 aromatic rings. The standard InChI is InChI=1S/C24H30O3/c1-14-6-16(3)19(7-15(14)2)10-22-18(5)25-12-21(22)9-20-11-24-23(8-17(20)4)26-13-27-24/h6-8,11,18,21-22H,9-10,12-13H2,1-5H3/t18?,21-,22-/m0/s1. The maximum atomic E-state index is 6.09. The SMILES string of the molecule is Cc1cc(C)c(C[C@H]2C(C)OC[C@@H]2Cc2cc3c(cc2C)OCO3)cc1C. The number of hydrogen-bond acceptors (Lipinski definition) is 3. The van der Waals surface area contributed by atoms with Gasteiger partial charge in [0.2, 0.25) is 6.79 Å². The van der Waals surface area contributed by atoms with Crippen molar-refractivity contribution in [3.05, 3.63) is 57.6 Å². The van der Waals surface area contributed by atoms with Crippen LogP contribution in [0.1, 0.15) is 40.3 Å². The van der Waals surface area contributed by atoms with Gasteiger partial charge in [-0.25, -0.2) is 0 Å². The van der Waals surface area contributed by atoms with Crippen LogP contribution in [0, 0.1) is 39.5 Å². The van der Waals surface area contributed by atoms with Crippen LogP contribution in [0.2, 0.25) is 0 Å². The lowest BCUT2D eigenvalue weighted by Crippen LogP contribution is -2.23. The van der Waals surface area contributed by atoms with E-state index in [9.17, 15) is 0 Å². The summed E-state index contributed by atoms with van der Waals surface area (Å²) in [6.07, 6.45) is 2.41. The number of fused-ring (bicyclic) bond motifs is 1. The molecule has 0 aliphatic carbocycles. The molecule has 3 nitrogen and oxygen atoms in total. The molecule has 1 unspecified atom stereocenters. The van der Waals surface area contributed by atoms with Gasteiger partial charge in [-0.1, -0.05) is 12.1 Å². The van der Waals surface area contributed by atoms with Crippen LogP contribution in [0.5, 0.6) is 11.5 Å². The summed E-state index contributed by atoms with van der Waals surface area (Å²) < 4.78 is 17.2. The molecule has 0 bridgehead atoms. The lowest BCUT2D eigenvalue weighted by molar-refractivity contribution is 0.105. The highest BCUT2D eigenvalue weighted by molar-refractivity contribution is 5.48. The molecule has 3 heteroatoms. The molecule has 27 heavy (non-hydrogen) atoms. The fourth-order valence-electron chi connectivity index (χ4n) is 4.53. The van der Waals surface area contributed by atoms with Crippen LogP contribution < -0.4 is 9.47 Å².